The summed E-state index contributed by atoms with van der Waals surface area (Å²) in [5.41, 5.74) is 2.96. The molecule has 0 amide bonds. The molecule has 1 N–H and O–H groups in total. The molecule has 2 nitrogen and oxygen atoms in total. The van der Waals surface area contributed by atoms with Crippen LogP contribution in [0, 0.1) is 18.3 Å². The zero-order valence-corrected chi connectivity index (χ0v) is 11.8. The molecule has 1 aromatic rings. The Bertz CT molecular complexity index is 383. The Balaban J connectivity index is 1.97. The summed E-state index contributed by atoms with van der Waals surface area (Å²) in [4.78, 5) is 2.47. The van der Waals surface area contributed by atoms with Crippen molar-refractivity contribution >= 4 is 0 Å². The first-order valence-corrected chi connectivity index (χ1v) is 6.90. The number of rotatable bonds is 3. The molecule has 1 aromatic carbocycles. The van der Waals surface area contributed by atoms with Crippen molar-refractivity contribution < 1.29 is 5.11 Å². The van der Waals surface area contributed by atoms with Crippen LogP contribution in [0.15, 0.2) is 24.3 Å². The molecular weight excluding hydrogens is 222 g/mol. The standard InChI is InChI=1S/C16H25NO/c1-13-4-6-14(7-5-13)10-17-9-8-16(2,3)15(11-17)12-18/h4-7,15,18H,8-12H2,1-3H3. The summed E-state index contributed by atoms with van der Waals surface area (Å²) < 4.78 is 0. The summed E-state index contributed by atoms with van der Waals surface area (Å²) in [6.07, 6.45) is 1.17. The van der Waals surface area contributed by atoms with Gasteiger partial charge in [-0.05, 0) is 36.8 Å². The van der Waals surface area contributed by atoms with E-state index in [1.54, 1.807) is 0 Å². The van der Waals surface area contributed by atoms with Crippen molar-refractivity contribution in [3.8, 4) is 0 Å². The topological polar surface area (TPSA) is 23.5 Å². The average Bonchev–Trinajstić information content (AvgIpc) is 2.34. The lowest BCUT2D eigenvalue weighted by molar-refractivity contribution is 0.0195. The Morgan fingerprint density at radius 2 is 1.94 bits per heavy atom. The summed E-state index contributed by atoms with van der Waals surface area (Å²) in [6.45, 7) is 10.1. The molecule has 1 unspecified atom stereocenters. The van der Waals surface area contributed by atoms with Gasteiger partial charge in [0.05, 0.1) is 0 Å². The third kappa shape index (κ3) is 3.12. The maximum atomic E-state index is 9.52. The van der Waals surface area contributed by atoms with E-state index < -0.39 is 0 Å². The summed E-state index contributed by atoms with van der Waals surface area (Å²) >= 11 is 0. The highest BCUT2D eigenvalue weighted by Crippen LogP contribution is 2.35. The van der Waals surface area contributed by atoms with E-state index in [0.717, 1.165) is 19.6 Å². The van der Waals surface area contributed by atoms with E-state index in [0.29, 0.717) is 12.5 Å². The highest BCUT2D eigenvalue weighted by atomic mass is 16.3. The second kappa shape index (κ2) is 5.41. The first-order chi connectivity index (χ1) is 8.51. The normalized spacial score (nSPS) is 24.1. The van der Waals surface area contributed by atoms with Crippen LogP contribution >= 0.6 is 0 Å². The van der Waals surface area contributed by atoms with Crippen LogP contribution < -0.4 is 0 Å². The Hall–Kier alpha value is -0.860. The molecule has 0 aliphatic carbocycles. The molecule has 0 spiro atoms. The van der Waals surface area contributed by atoms with Gasteiger partial charge >= 0.3 is 0 Å². The van der Waals surface area contributed by atoms with Gasteiger partial charge in [0.15, 0.2) is 0 Å². The third-order valence-corrected chi connectivity index (χ3v) is 4.40. The van der Waals surface area contributed by atoms with Crippen molar-refractivity contribution in [1.82, 2.24) is 4.90 Å². The second-order valence-electron chi connectivity index (χ2n) is 6.34. The predicted molar refractivity (Wildman–Crippen MR) is 75.4 cm³/mol. The fraction of sp³-hybridized carbons (Fsp3) is 0.625. The highest BCUT2D eigenvalue weighted by molar-refractivity contribution is 5.21. The number of nitrogens with zero attached hydrogens (tertiary/aromatic N) is 1. The lowest BCUT2D eigenvalue weighted by atomic mass is 9.73. The van der Waals surface area contributed by atoms with Crippen molar-refractivity contribution in [3.63, 3.8) is 0 Å². The minimum Gasteiger partial charge on any atom is -0.396 e. The number of aliphatic hydroxyl groups excluding tert-OH is 1. The summed E-state index contributed by atoms with van der Waals surface area (Å²) in [7, 11) is 0. The molecule has 1 atom stereocenters. The molecule has 1 saturated heterocycles. The van der Waals surface area contributed by atoms with Gasteiger partial charge in [-0.2, -0.15) is 0 Å². The Morgan fingerprint density at radius 1 is 1.28 bits per heavy atom. The Labute approximate surface area is 111 Å². The van der Waals surface area contributed by atoms with Gasteiger partial charge in [-0.1, -0.05) is 43.7 Å². The van der Waals surface area contributed by atoms with Gasteiger partial charge in [0, 0.05) is 19.7 Å². The van der Waals surface area contributed by atoms with E-state index in [2.05, 4.69) is 49.9 Å². The zero-order chi connectivity index (χ0) is 13.2. The first-order valence-electron chi connectivity index (χ1n) is 6.90. The van der Waals surface area contributed by atoms with Crippen LogP contribution in [0.5, 0.6) is 0 Å². The minimum atomic E-state index is 0.276. The zero-order valence-electron chi connectivity index (χ0n) is 11.8. The molecule has 100 valence electrons. The Morgan fingerprint density at radius 3 is 2.56 bits per heavy atom. The number of piperidine rings is 1. The number of aryl methyl sites for hydroxylation is 1. The van der Waals surface area contributed by atoms with Crippen molar-refractivity contribution in [2.45, 2.75) is 33.7 Å². The molecule has 1 heterocycles. The third-order valence-electron chi connectivity index (χ3n) is 4.40. The van der Waals surface area contributed by atoms with Crippen molar-refractivity contribution in [3.05, 3.63) is 35.4 Å². The summed E-state index contributed by atoms with van der Waals surface area (Å²) in [5, 5.41) is 9.52. The average molecular weight is 247 g/mol. The fourth-order valence-electron chi connectivity index (χ4n) is 2.70. The molecule has 2 heteroatoms. The van der Waals surface area contributed by atoms with E-state index in [9.17, 15) is 5.11 Å². The van der Waals surface area contributed by atoms with E-state index in [4.69, 9.17) is 0 Å². The van der Waals surface area contributed by atoms with Crippen LogP contribution in [0.4, 0.5) is 0 Å². The number of likely N-dealkylation sites (tertiary alicyclic amines) is 1. The van der Waals surface area contributed by atoms with Gasteiger partial charge < -0.3 is 5.11 Å². The molecule has 1 aliphatic heterocycles. The van der Waals surface area contributed by atoms with Gasteiger partial charge in [-0.15, -0.1) is 0 Å². The smallest absolute Gasteiger partial charge is 0.0476 e. The predicted octanol–water partition coefficient (Wildman–Crippen LogP) is 2.84. The number of hydrogen-bond donors (Lipinski definition) is 1. The van der Waals surface area contributed by atoms with E-state index >= 15 is 0 Å². The van der Waals surface area contributed by atoms with Crippen LogP contribution in [0.1, 0.15) is 31.4 Å². The van der Waals surface area contributed by atoms with Crippen molar-refractivity contribution in [2.75, 3.05) is 19.7 Å². The van der Waals surface area contributed by atoms with Crippen LogP contribution in [0.25, 0.3) is 0 Å². The summed E-state index contributed by atoms with van der Waals surface area (Å²) in [5.74, 6) is 0.400. The molecule has 0 radical (unpaired) electrons. The van der Waals surface area contributed by atoms with E-state index in [1.807, 2.05) is 0 Å². The lowest BCUT2D eigenvalue weighted by Crippen LogP contribution is -2.45. The molecule has 2 rings (SSSR count). The second-order valence-corrected chi connectivity index (χ2v) is 6.34. The maximum absolute atomic E-state index is 9.52. The first kappa shape index (κ1) is 13.6. The molecule has 18 heavy (non-hydrogen) atoms. The molecule has 1 aliphatic rings. The van der Waals surface area contributed by atoms with Gasteiger partial charge in [-0.3, -0.25) is 4.90 Å². The van der Waals surface area contributed by atoms with Crippen LogP contribution in [0.2, 0.25) is 0 Å². The molecule has 0 bridgehead atoms. The fourth-order valence-corrected chi connectivity index (χ4v) is 2.70. The van der Waals surface area contributed by atoms with Gasteiger partial charge in [0.25, 0.3) is 0 Å². The van der Waals surface area contributed by atoms with E-state index in [1.165, 1.54) is 17.5 Å². The van der Waals surface area contributed by atoms with Gasteiger partial charge in [0.1, 0.15) is 0 Å². The van der Waals surface area contributed by atoms with Crippen LogP contribution in [-0.2, 0) is 6.54 Å². The number of aliphatic hydroxyl groups is 1. The number of benzene rings is 1. The maximum Gasteiger partial charge on any atom is 0.0476 e. The monoisotopic (exact) mass is 247 g/mol. The lowest BCUT2D eigenvalue weighted by Gasteiger charge is -2.43. The van der Waals surface area contributed by atoms with Gasteiger partial charge in [-0.25, -0.2) is 0 Å². The van der Waals surface area contributed by atoms with Gasteiger partial charge in [0.2, 0.25) is 0 Å². The molecule has 0 aromatic heterocycles. The molecule has 0 saturated carbocycles. The largest absolute Gasteiger partial charge is 0.396 e. The highest BCUT2D eigenvalue weighted by Gasteiger charge is 2.34. The summed E-state index contributed by atoms with van der Waals surface area (Å²) in [6, 6.07) is 8.77. The quantitative estimate of drug-likeness (QED) is 0.888. The number of hydrogen-bond acceptors (Lipinski definition) is 2. The van der Waals surface area contributed by atoms with E-state index in [-0.39, 0.29) is 5.41 Å². The SMILES string of the molecule is Cc1ccc(CN2CCC(C)(C)C(CO)C2)cc1. The van der Waals surface area contributed by atoms with Crippen molar-refractivity contribution in [1.29, 1.82) is 0 Å². The molecule has 1 fully saturated rings. The minimum absolute atomic E-state index is 0.276. The van der Waals surface area contributed by atoms with Crippen LogP contribution in [0.3, 0.4) is 0 Å². The van der Waals surface area contributed by atoms with Crippen LogP contribution in [-0.4, -0.2) is 29.7 Å². The molecular formula is C16H25NO. The van der Waals surface area contributed by atoms with Crippen molar-refractivity contribution in [2.24, 2.45) is 11.3 Å². The Kier molecular flexibility index (Phi) is 4.08.